The van der Waals surface area contributed by atoms with Crippen LogP contribution in [0.1, 0.15) is 10.5 Å². The molecular formula is C5H3FN2O3. The molecule has 0 saturated heterocycles. The number of hydrogen-bond donors (Lipinski definition) is 2. The number of rotatable bonds is 1. The van der Waals surface area contributed by atoms with Crippen LogP contribution in [-0.2, 0) is 0 Å². The molecule has 0 aromatic carbocycles. The monoisotopic (exact) mass is 158 g/mol. The van der Waals surface area contributed by atoms with Crippen LogP contribution in [0.15, 0.2) is 15.7 Å². The third kappa shape index (κ3) is 1.60. The second-order valence-electron chi connectivity index (χ2n) is 1.78. The Kier molecular flexibility index (Phi) is 1.67. The fraction of sp³-hybridized carbons (Fsp3) is 0. The van der Waals surface area contributed by atoms with E-state index in [1.54, 1.807) is 4.98 Å². The zero-order chi connectivity index (χ0) is 8.43. The summed E-state index contributed by atoms with van der Waals surface area (Å²) >= 11 is 0. The first-order valence-corrected chi connectivity index (χ1v) is 2.63. The van der Waals surface area contributed by atoms with Gasteiger partial charge in [0, 0.05) is 6.07 Å². The molecule has 0 saturated carbocycles. The number of aromatic nitrogens is 2. The summed E-state index contributed by atoms with van der Waals surface area (Å²) in [5.74, 6) is 0. The third-order valence-corrected chi connectivity index (χ3v) is 0.972. The van der Waals surface area contributed by atoms with E-state index >= 15 is 0 Å². The van der Waals surface area contributed by atoms with E-state index in [0.29, 0.717) is 6.07 Å². The molecule has 0 radical (unpaired) electrons. The molecule has 58 valence electrons. The Hall–Kier alpha value is -1.72. The highest BCUT2D eigenvalue weighted by Crippen LogP contribution is 1.87. The van der Waals surface area contributed by atoms with Crippen molar-refractivity contribution >= 4 is 6.04 Å². The predicted octanol–water partition coefficient (Wildman–Crippen LogP) is -0.827. The first-order valence-electron chi connectivity index (χ1n) is 2.63. The quantitative estimate of drug-likeness (QED) is 0.523. The van der Waals surface area contributed by atoms with Gasteiger partial charge in [-0.15, -0.1) is 0 Å². The molecule has 6 heteroatoms. The normalized spacial score (nSPS) is 9.55. The van der Waals surface area contributed by atoms with Crippen molar-refractivity contribution in [1.82, 2.24) is 9.97 Å². The fourth-order valence-electron chi connectivity index (χ4n) is 0.575. The summed E-state index contributed by atoms with van der Waals surface area (Å²) in [5.41, 5.74) is -2.35. The molecule has 1 aromatic rings. The molecule has 0 aliphatic carbocycles. The van der Waals surface area contributed by atoms with Crippen LogP contribution in [0.3, 0.4) is 0 Å². The van der Waals surface area contributed by atoms with Gasteiger partial charge in [-0.3, -0.25) is 14.6 Å². The van der Waals surface area contributed by atoms with Crippen LogP contribution >= 0.6 is 0 Å². The van der Waals surface area contributed by atoms with Crippen LogP contribution in [-0.4, -0.2) is 16.0 Å². The largest absolute Gasteiger partial charge is 0.348 e. The SMILES string of the molecule is O=C(F)c1cc(=O)[nH]c(=O)[nH]1. The lowest BCUT2D eigenvalue weighted by Crippen LogP contribution is -2.23. The van der Waals surface area contributed by atoms with Crippen molar-refractivity contribution in [2.24, 2.45) is 0 Å². The summed E-state index contributed by atoms with van der Waals surface area (Å²) in [7, 11) is 0. The topological polar surface area (TPSA) is 82.8 Å². The highest BCUT2D eigenvalue weighted by atomic mass is 19.1. The standard InChI is InChI=1S/C5H3FN2O3/c6-4(10)2-1-3(9)8-5(11)7-2/h1H,(H2,7,8,9,11). The molecule has 11 heavy (non-hydrogen) atoms. The fourth-order valence-corrected chi connectivity index (χ4v) is 0.575. The van der Waals surface area contributed by atoms with E-state index in [1.807, 2.05) is 4.98 Å². The average molecular weight is 158 g/mol. The number of aromatic amines is 2. The van der Waals surface area contributed by atoms with E-state index in [-0.39, 0.29) is 0 Å². The highest BCUT2D eigenvalue weighted by molar-refractivity contribution is 5.85. The predicted molar refractivity (Wildman–Crippen MR) is 33.1 cm³/mol. The molecule has 2 N–H and O–H groups in total. The van der Waals surface area contributed by atoms with Crippen molar-refractivity contribution in [3.8, 4) is 0 Å². The summed E-state index contributed by atoms with van der Waals surface area (Å²) < 4.78 is 11.8. The number of nitrogens with one attached hydrogen (secondary N) is 2. The van der Waals surface area contributed by atoms with Gasteiger partial charge in [0.2, 0.25) is 0 Å². The van der Waals surface area contributed by atoms with E-state index < -0.39 is 23.0 Å². The molecule has 1 rings (SSSR count). The molecule has 0 amide bonds. The van der Waals surface area contributed by atoms with Crippen LogP contribution in [0.2, 0.25) is 0 Å². The van der Waals surface area contributed by atoms with Crippen molar-refractivity contribution in [3.63, 3.8) is 0 Å². The maximum absolute atomic E-state index is 11.8. The molecule has 0 unspecified atom stereocenters. The Labute approximate surface area is 58.9 Å². The summed E-state index contributed by atoms with van der Waals surface area (Å²) in [6.45, 7) is 0. The van der Waals surface area contributed by atoms with Crippen LogP contribution < -0.4 is 11.2 Å². The minimum atomic E-state index is -1.84. The number of H-pyrrole nitrogens is 2. The van der Waals surface area contributed by atoms with Crippen molar-refractivity contribution in [2.75, 3.05) is 0 Å². The van der Waals surface area contributed by atoms with E-state index in [9.17, 15) is 18.8 Å². The Morgan fingerprint density at radius 1 is 1.36 bits per heavy atom. The highest BCUT2D eigenvalue weighted by Gasteiger charge is 2.04. The lowest BCUT2D eigenvalue weighted by molar-refractivity contribution is 0.0829. The Morgan fingerprint density at radius 3 is 2.45 bits per heavy atom. The molecule has 0 atom stereocenters. The van der Waals surface area contributed by atoms with Gasteiger partial charge in [0.15, 0.2) is 0 Å². The van der Waals surface area contributed by atoms with Crippen LogP contribution in [0, 0.1) is 0 Å². The second-order valence-corrected chi connectivity index (χ2v) is 1.78. The first kappa shape index (κ1) is 7.39. The first-order chi connectivity index (χ1) is 5.09. The van der Waals surface area contributed by atoms with Crippen molar-refractivity contribution in [1.29, 1.82) is 0 Å². The molecule has 0 aliphatic heterocycles. The van der Waals surface area contributed by atoms with Gasteiger partial charge in [-0.1, -0.05) is 0 Å². The lowest BCUT2D eigenvalue weighted by Gasteiger charge is -1.87. The van der Waals surface area contributed by atoms with E-state index in [2.05, 4.69) is 0 Å². The van der Waals surface area contributed by atoms with Crippen LogP contribution in [0.4, 0.5) is 4.39 Å². The molecule has 0 bridgehead atoms. The third-order valence-electron chi connectivity index (χ3n) is 0.972. The van der Waals surface area contributed by atoms with E-state index in [1.165, 1.54) is 0 Å². The van der Waals surface area contributed by atoms with E-state index in [0.717, 1.165) is 0 Å². The maximum atomic E-state index is 11.8. The van der Waals surface area contributed by atoms with Crippen molar-refractivity contribution < 1.29 is 9.18 Å². The molecule has 1 aromatic heterocycles. The maximum Gasteiger partial charge on any atom is 0.348 e. The van der Waals surface area contributed by atoms with Gasteiger partial charge in [-0.05, 0) is 0 Å². The van der Waals surface area contributed by atoms with Crippen molar-refractivity contribution in [2.45, 2.75) is 0 Å². The Balaban J connectivity index is 3.42. The molecule has 0 spiro atoms. The van der Waals surface area contributed by atoms with Crippen molar-refractivity contribution in [3.05, 3.63) is 32.6 Å². The van der Waals surface area contributed by atoms with Gasteiger partial charge in [0.05, 0.1) is 0 Å². The number of carbonyl (C=O) groups excluding carboxylic acids is 1. The minimum Gasteiger partial charge on any atom is -0.302 e. The van der Waals surface area contributed by atoms with Crippen LogP contribution in [0.25, 0.3) is 0 Å². The van der Waals surface area contributed by atoms with Gasteiger partial charge in [-0.2, -0.15) is 4.39 Å². The summed E-state index contributed by atoms with van der Waals surface area (Å²) in [6, 6.07) is -1.17. The number of halogens is 1. The van der Waals surface area contributed by atoms with Crippen LogP contribution in [0.5, 0.6) is 0 Å². The molecule has 0 aliphatic rings. The Bertz CT molecular complexity index is 363. The summed E-state index contributed by atoms with van der Waals surface area (Å²) in [4.78, 5) is 34.4. The lowest BCUT2D eigenvalue weighted by atomic mass is 10.4. The zero-order valence-corrected chi connectivity index (χ0v) is 5.18. The zero-order valence-electron chi connectivity index (χ0n) is 5.18. The molecule has 5 nitrogen and oxygen atoms in total. The van der Waals surface area contributed by atoms with Gasteiger partial charge < -0.3 is 4.98 Å². The average Bonchev–Trinajstić information content (AvgIpc) is 1.85. The van der Waals surface area contributed by atoms with Gasteiger partial charge >= 0.3 is 11.7 Å². The Morgan fingerprint density at radius 2 is 2.00 bits per heavy atom. The van der Waals surface area contributed by atoms with E-state index in [4.69, 9.17) is 0 Å². The van der Waals surface area contributed by atoms with Gasteiger partial charge in [-0.25, -0.2) is 4.79 Å². The molecule has 0 fully saturated rings. The number of carbonyl (C=O) groups is 1. The molecular weight excluding hydrogens is 155 g/mol. The number of hydrogen-bond acceptors (Lipinski definition) is 3. The summed E-state index contributed by atoms with van der Waals surface area (Å²) in [5, 5.41) is 0. The summed E-state index contributed by atoms with van der Waals surface area (Å²) in [6.07, 6.45) is 0. The second kappa shape index (κ2) is 2.49. The minimum absolute atomic E-state index is 0.640. The smallest absolute Gasteiger partial charge is 0.302 e. The van der Waals surface area contributed by atoms with Gasteiger partial charge in [0.25, 0.3) is 5.56 Å². The van der Waals surface area contributed by atoms with Gasteiger partial charge in [0.1, 0.15) is 5.69 Å². The molecule has 1 heterocycles.